The average Bonchev–Trinajstić information content (AvgIpc) is 3.13. The summed E-state index contributed by atoms with van der Waals surface area (Å²) in [5.74, 6) is 6.01. The number of nitrogens with two attached hydrogens (primary N) is 1. The predicted molar refractivity (Wildman–Crippen MR) is 111 cm³/mol. The van der Waals surface area contributed by atoms with Crippen molar-refractivity contribution in [2.45, 2.75) is 105 Å². The molecule has 4 aliphatic rings. The fraction of sp³-hybridized carbons (Fsp3) is 1.00. The molecule has 0 aromatic carbocycles. The highest BCUT2D eigenvalue weighted by molar-refractivity contribution is 5.09. The van der Waals surface area contributed by atoms with Crippen LogP contribution in [0.2, 0.25) is 0 Å². The second kappa shape index (κ2) is 7.09. The Morgan fingerprint density at radius 2 is 1.62 bits per heavy atom. The van der Waals surface area contributed by atoms with Gasteiger partial charge in [0.2, 0.25) is 0 Å². The van der Waals surface area contributed by atoms with E-state index in [0.717, 1.165) is 41.5 Å². The Morgan fingerprint density at radius 1 is 0.846 bits per heavy atom. The van der Waals surface area contributed by atoms with Crippen molar-refractivity contribution in [2.75, 3.05) is 6.54 Å². The zero-order valence-corrected chi connectivity index (χ0v) is 18.4. The van der Waals surface area contributed by atoms with E-state index in [1.807, 2.05) is 0 Å². The van der Waals surface area contributed by atoms with Gasteiger partial charge < -0.3 is 5.32 Å². The van der Waals surface area contributed by atoms with Crippen molar-refractivity contribution < 1.29 is 5.32 Å². The summed E-state index contributed by atoms with van der Waals surface area (Å²) in [6.45, 7) is 14.2. The van der Waals surface area contributed by atoms with Gasteiger partial charge in [-0.05, 0) is 73.0 Å². The smallest absolute Gasteiger partial charge is 0.0918 e. The van der Waals surface area contributed by atoms with E-state index in [1.165, 1.54) is 38.6 Å². The lowest BCUT2D eigenvalue weighted by Crippen LogP contribution is -2.89. The van der Waals surface area contributed by atoms with Gasteiger partial charge >= 0.3 is 0 Å². The van der Waals surface area contributed by atoms with Crippen LogP contribution in [0.25, 0.3) is 0 Å². The van der Waals surface area contributed by atoms with Gasteiger partial charge in [0.1, 0.15) is 0 Å². The van der Waals surface area contributed by atoms with Crippen LogP contribution in [0.5, 0.6) is 0 Å². The molecule has 26 heavy (non-hydrogen) atoms. The summed E-state index contributed by atoms with van der Waals surface area (Å²) in [5, 5.41) is 2.71. The lowest BCUT2D eigenvalue weighted by Gasteiger charge is -2.56. The first-order valence-electron chi connectivity index (χ1n) is 12.2. The Labute approximate surface area is 163 Å². The Hall–Kier alpha value is -0.0400. The van der Waals surface area contributed by atoms with Crippen molar-refractivity contribution in [3.05, 3.63) is 0 Å². The summed E-state index contributed by atoms with van der Waals surface area (Å²) in [7, 11) is 0. The van der Waals surface area contributed by atoms with Gasteiger partial charge in [-0.3, -0.25) is 0 Å². The van der Waals surface area contributed by atoms with Gasteiger partial charge in [0.05, 0.1) is 12.6 Å². The maximum Gasteiger partial charge on any atom is 0.0918 e. The molecule has 150 valence electrons. The van der Waals surface area contributed by atoms with Crippen molar-refractivity contribution in [2.24, 2.45) is 46.3 Å². The van der Waals surface area contributed by atoms with Crippen molar-refractivity contribution in [1.82, 2.24) is 0 Å². The zero-order valence-electron chi connectivity index (χ0n) is 18.4. The molecular weight excluding hydrogens is 314 g/mol. The molecule has 3 saturated carbocycles. The largest absolute Gasteiger partial charge is 0.343 e. The van der Waals surface area contributed by atoms with Crippen LogP contribution < -0.4 is 5.32 Å². The van der Waals surface area contributed by atoms with Gasteiger partial charge in [0.15, 0.2) is 0 Å². The Bertz CT molecular complexity index is 498. The first-order valence-corrected chi connectivity index (χ1v) is 12.2. The maximum atomic E-state index is 2.74. The fourth-order valence-corrected chi connectivity index (χ4v) is 8.86. The van der Waals surface area contributed by atoms with E-state index in [9.17, 15) is 0 Å². The number of hydrogen-bond donors (Lipinski definition) is 1. The molecule has 3 aliphatic carbocycles. The summed E-state index contributed by atoms with van der Waals surface area (Å²) in [5.41, 5.74) is 1.34. The van der Waals surface area contributed by atoms with Crippen molar-refractivity contribution in [3.63, 3.8) is 0 Å². The van der Waals surface area contributed by atoms with E-state index in [0.29, 0.717) is 10.8 Å². The van der Waals surface area contributed by atoms with Crippen LogP contribution in [0.4, 0.5) is 0 Å². The minimum atomic E-state index is 0.671. The lowest BCUT2D eigenvalue weighted by molar-refractivity contribution is -0.680. The van der Waals surface area contributed by atoms with Crippen LogP contribution >= 0.6 is 0 Å². The zero-order chi connectivity index (χ0) is 18.5. The van der Waals surface area contributed by atoms with E-state index < -0.39 is 0 Å². The predicted octanol–water partition coefficient (Wildman–Crippen LogP) is 5.64. The highest BCUT2D eigenvalue weighted by atomic mass is 15.0. The van der Waals surface area contributed by atoms with Gasteiger partial charge in [0.25, 0.3) is 0 Å². The molecule has 4 fully saturated rings. The molecule has 1 nitrogen and oxygen atoms in total. The van der Waals surface area contributed by atoms with Crippen LogP contribution in [0.15, 0.2) is 0 Å². The molecule has 8 atom stereocenters. The van der Waals surface area contributed by atoms with Gasteiger partial charge in [-0.25, -0.2) is 0 Å². The number of hydrogen-bond acceptors (Lipinski definition) is 0. The van der Waals surface area contributed by atoms with Crippen molar-refractivity contribution >= 4 is 0 Å². The molecule has 0 unspecified atom stereocenters. The van der Waals surface area contributed by atoms with E-state index in [4.69, 9.17) is 0 Å². The van der Waals surface area contributed by atoms with Crippen LogP contribution in [0.1, 0.15) is 98.8 Å². The number of rotatable bonds is 5. The Morgan fingerprint density at radius 3 is 2.38 bits per heavy atom. The summed E-state index contributed by atoms with van der Waals surface area (Å²) >= 11 is 0. The molecule has 0 spiro atoms. The Kier molecular flexibility index (Phi) is 5.26. The summed E-state index contributed by atoms with van der Waals surface area (Å²) in [6.07, 6.45) is 15.1. The molecule has 1 heteroatoms. The van der Waals surface area contributed by atoms with E-state index >= 15 is 0 Å². The molecule has 0 bridgehead atoms. The molecule has 4 rings (SSSR count). The van der Waals surface area contributed by atoms with E-state index in [1.54, 1.807) is 32.1 Å². The maximum absolute atomic E-state index is 2.74. The summed E-state index contributed by atoms with van der Waals surface area (Å²) in [6, 6.07) is 0.959. The van der Waals surface area contributed by atoms with Gasteiger partial charge in [-0.15, -0.1) is 0 Å². The molecule has 1 saturated heterocycles. The summed E-state index contributed by atoms with van der Waals surface area (Å²) < 4.78 is 0. The topological polar surface area (TPSA) is 16.6 Å². The molecule has 1 aliphatic heterocycles. The molecule has 0 amide bonds. The Balaban J connectivity index is 1.46. The van der Waals surface area contributed by atoms with Gasteiger partial charge in [0, 0.05) is 18.3 Å². The SMILES string of the molecule is CC(C)CCC[C@@H](C)[C@H]1CC[C@H]2[C@H]3CC[C@H]4[NH2+]CC[C@]4(C)[C@@H]3CC[C@]12C. The molecule has 0 aromatic rings. The van der Waals surface area contributed by atoms with Crippen molar-refractivity contribution in [1.29, 1.82) is 0 Å². The van der Waals surface area contributed by atoms with Crippen LogP contribution in [0, 0.1) is 46.3 Å². The quantitative estimate of drug-likeness (QED) is 0.653. The molecule has 0 radical (unpaired) electrons. The van der Waals surface area contributed by atoms with Crippen molar-refractivity contribution in [3.8, 4) is 0 Å². The summed E-state index contributed by atoms with van der Waals surface area (Å²) in [4.78, 5) is 0. The molecule has 1 heterocycles. The van der Waals surface area contributed by atoms with Crippen LogP contribution in [0.3, 0.4) is 0 Å². The second-order valence-corrected chi connectivity index (χ2v) is 11.9. The first-order chi connectivity index (χ1) is 12.4. The average molecular weight is 361 g/mol. The minimum Gasteiger partial charge on any atom is -0.343 e. The standard InChI is InChI=1S/C25H45N/c1-17(2)7-6-8-18(3)20-10-11-21-19-9-12-23-25(5,15-16-26-23)22(19)13-14-24(20,21)4/h17-23,26H,6-16H2,1-5H3/p+1/t18-,19-,20-,21+,22-,23-,24-,25-/m1/s1. The normalized spacial score (nSPS) is 48.9. The first kappa shape index (κ1) is 19.3. The number of quaternary nitrogens is 1. The third-order valence-electron chi connectivity index (χ3n) is 10.3. The highest BCUT2D eigenvalue weighted by Crippen LogP contribution is 2.66. The van der Waals surface area contributed by atoms with E-state index in [2.05, 4.69) is 39.9 Å². The third kappa shape index (κ3) is 2.99. The third-order valence-corrected chi connectivity index (χ3v) is 10.3. The van der Waals surface area contributed by atoms with Gasteiger partial charge in [-0.2, -0.15) is 0 Å². The lowest BCUT2D eigenvalue weighted by atomic mass is 9.48. The molecule has 0 aromatic heterocycles. The minimum absolute atomic E-state index is 0.671. The van der Waals surface area contributed by atoms with Crippen LogP contribution in [-0.2, 0) is 0 Å². The molecular formula is C25H46N+. The van der Waals surface area contributed by atoms with E-state index in [-0.39, 0.29) is 0 Å². The highest BCUT2D eigenvalue weighted by Gasteiger charge is 2.61. The number of fused-ring (bicyclic) bond motifs is 5. The van der Waals surface area contributed by atoms with Gasteiger partial charge in [-0.1, -0.05) is 53.9 Å². The monoisotopic (exact) mass is 360 g/mol. The fourth-order valence-electron chi connectivity index (χ4n) is 8.86. The van der Waals surface area contributed by atoms with Crippen LogP contribution in [-0.4, -0.2) is 12.6 Å². The molecule has 2 N–H and O–H groups in total. The second-order valence-electron chi connectivity index (χ2n) is 11.9.